The minimum Gasteiger partial charge on any atom is -0.480 e. The lowest BCUT2D eigenvalue weighted by Gasteiger charge is -2.20. The van der Waals surface area contributed by atoms with Crippen molar-refractivity contribution < 1.29 is 42.7 Å². The van der Waals surface area contributed by atoms with Crippen LogP contribution in [-0.4, -0.2) is 60.5 Å². The van der Waals surface area contributed by atoms with Gasteiger partial charge in [-0.1, -0.05) is 129 Å². The first kappa shape index (κ1) is 43.7. The number of carboxylic acids is 1. The van der Waals surface area contributed by atoms with Crippen molar-refractivity contribution in [2.75, 3.05) is 26.4 Å². The molecule has 0 aliphatic rings. The summed E-state index contributed by atoms with van der Waals surface area (Å²) in [5.41, 5.74) is 5.32. The van der Waals surface area contributed by atoms with Crippen molar-refractivity contribution >= 4 is 19.8 Å². The number of aliphatic carboxylic acids is 1. The van der Waals surface area contributed by atoms with Crippen LogP contribution in [0.3, 0.4) is 0 Å². The Labute approximate surface area is 273 Å². The fraction of sp³-hybridized carbons (Fsp3) is 0.882. The molecule has 0 radical (unpaired) electrons. The van der Waals surface area contributed by atoms with Gasteiger partial charge in [0.15, 0.2) is 0 Å². The first-order chi connectivity index (χ1) is 21.7. The van der Waals surface area contributed by atoms with Crippen molar-refractivity contribution in [1.82, 2.24) is 0 Å². The Hall–Kier alpha value is -1.29. The van der Waals surface area contributed by atoms with Crippen molar-refractivity contribution in [2.45, 2.75) is 167 Å². The standard InChI is InChI=1S/C34H66NO9P/c1-3-5-7-9-11-13-15-17-19-21-23-25-27-41-28-31(29-42-45(39,40)43-30-32(35)34(37)38)44-33(36)26-24-22-20-18-16-14-12-10-8-6-4-2/h9,11,31-32H,3-8,10,12-30,35H2,1-2H3,(H,37,38)(H,39,40)/b11-9-. The summed E-state index contributed by atoms with van der Waals surface area (Å²) < 4.78 is 33.1. The van der Waals surface area contributed by atoms with E-state index in [-0.39, 0.29) is 13.0 Å². The number of carbonyl (C=O) groups excluding carboxylic acids is 1. The molecule has 0 aliphatic carbocycles. The molecule has 0 saturated carbocycles. The highest BCUT2D eigenvalue weighted by atomic mass is 31.2. The van der Waals surface area contributed by atoms with Crippen LogP contribution >= 0.6 is 7.82 Å². The molecule has 0 amide bonds. The van der Waals surface area contributed by atoms with E-state index in [9.17, 15) is 19.0 Å². The number of carboxylic acid groups (broad SMARTS) is 1. The van der Waals surface area contributed by atoms with Crippen LogP contribution in [0.25, 0.3) is 0 Å². The Morgan fingerprint density at radius 3 is 1.76 bits per heavy atom. The highest BCUT2D eigenvalue weighted by Gasteiger charge is 2.27. The Kier molecular flexibility index (Phi) is 30.4. The Balaban J connectivity index is 4.34. The number of phosphoric acid groups is 1. The summed E-state index contributed by atoms with van der Waals surface area (Å²) in [6.45, 7) is 3.81. The molecule has 0 rings (SSSR count). The maximum atomic E-state index is 12.5. The number of rotatable bonds is 34. The summed E-state index contributed by atoms with van der Waals surface area (Å²) in [5.74, 6) is -1.78. The van der Waals surface area contributed by atoms with Gasteiger partial charge in [0.25, 0.3) is 0 Å². The van der Waals surface area contributed by atoms with Gasteiger partial charge in [-0.3, -0.25) is 18.6 Å². The maximum absolute atomic E-state index is 12.5. The topological polar surface area (TPSA) is 155 Å². The van der Waals surface area contributed by atoms with Gasteiger partial charge in [-0.25, -0.2) is 4.57 Å². The van der Waals surface area contributed by atoms with E-state index in [4.69, 9.17) is 24.8 Å². The average molecular weight is 664 g/mol. The second-order valence-electron chi connectivity index (χ2n) is 12.0. The molecule has 0 spiro atoms. The van der Waals surface area contributed by atoms with Crippen LogP contribution in [0.5, 0.6) is 0 Å². The smallest absolute Gasteiger partial charge is 0.472 e. The van der Waals surface area contributed by atoms with E-state index in [2.05, 4.69) is 30.5 Å². The molecule has 4 N–H and O–H groups in total. The monoisotopic (exact) mass is 663 g/mol. The number of allylic oxidation sites excluding steroid dienone is 2. The molecule has 0 saturated heterocycles. The van der Waals surface area contributed by atoms with Gasteiger partial charge < -0.3 is 25.2 Å². The number of unbranched alkanes of at least 4 members (excludes halogenated alkanes) is 18. The first-order valence-electron chi connectivity index (χ1n) is 17.7. The minimum atomic E-state index is -4.60. The molecule has 266 valence electrons. The second-order valence-corrected chi connectivity index (χ2v) is 13.5. The highest BCUT2D eigenvalue weighted by Crippen LogP contribution is 2.43. The number of hydrogen-bond acceptors (Lipinski definition) is 8. The average Bonchev–Trinajstić information content (AvgIpc) is 3.01. The molecular weight excluding hydrogens is 597 g/mol. The normalized spacial score (nSPS) is 14.4. The summed E-state index contributed by atoms with van der Waals surface area (Å²) in [5, 5.41) is 8.84. The molecule has 10 nitrogen and oxygen atoms in total. The molecule has 0 aliphatic heterocycles. The Morgan fingerprint density at radius 1 is 0.689 bits per heavy atom. The third-order valence-corrected chi connectivity index (χ3v) is 8.50. The lowest BCUT2D eigenvalue weighted by Crippen LogP contribution is -2.34. The summed E-state index contributed by atoms with van der Waals surface area (Å²) >= 11 is 0. The van der Waals surface area contributed by atoms with E-state index in [1.165, 1.54) is 89.9 Å². The van der Waals surface area contributed by atoms with Gasteiger partial charge in [0.2, 0.25) is 0 Å². The molecule has 0 aromatic rings. The van der Waals surface area contributed by atoms with Crippen LogP contribution in [-0.2, 0) is 32.7 Å². The number of carbonyl (C=O) groups is 2. The Bertz CT molecular complexity index is 781. The predicted molar refractivity (Wildman–Crippen MR) is 180 cm³/mol. The molecule has 0 aromatic carbocycles. The molecular formula is C34H66NO9P. The minimum absolute atomic E-state index is 0.0169. The number of ether oxygens (including phenoxy) is 2. The first-order valence-corrected chi connectivity index (χ1v) is 19.2. The van der Waals surface area contributed by atoms with Gasteiger partial charge in [0.1, 0.15) is 12.1 Å². The van der Waals surface area contributed by atoms with Gasteiger partial charge in [0, 0.05) is 13.0 Å². The van der Waals surface area contributed by atoms with Gasteiger partial charge in [-0.2, -0.15) is 0 Å². The zero-order valence-corrected chi connectivity index (χ0v) is 29.4. The summed E-state index contributed by atoms with van der Waals surface area (Å²) in [6.07, 6.45) is 28.3. The van der Waals surface area contributed by atoms with E-state index in [1.807, 2.05) is 0 Å². The van der Waals surface area contributed by atoms with E-state index < -0.39 is 45.1 Å². The van der Waals surface area contributed by atoms with Crippen LogP contribution in [0, 0.1) is 0 Å². The predicted octanol–water partition coefficient (Wildman–Crippen LogP) is 8.64. The molecule has 0 bridgehead atoms. The zero-order chi connectivity index (χ0) is 33.4. The van der Waals surface area contributed by atoms with Gasteiger partial charge >= 0.3 is 19.8 Å². The molecule has 3 unspecified atom stereocenters. The van der Waals surface area contributed by atoms with Gasteiger partial charge in [-0.05, 0) is 32.1 Å². The number of hydrogen-bond donors (Lipinski definition) is 3. The lowest BCUT2D eigenvalue weighted by molar-refractivity contribution is -0.154. The SMILES string of the molecule is CCCC/C=C\CCCCCCCCOCC(COP(=O)(O)OCC(N)C(=O)O)OC(=O)CCCCCCCCCCCCC. The fourth-order valence-electron chi connectivity index (χ4n) is 4.70. The van der Waals surface area contributed by atoms with E-state index in [0.29, 0.717) is 13.0 Å². The number of phosphoric ester groups is 1. The van der Waals surface area contributed by atoms with Crippen molar-refractivity contribution in [3.8, 4) is 0 Å². The van der Waals surface area contributed by atoms with Gasteiger partial charge in [-0.15, -0.1) is 0 Å². The summed E-state index contributed by atoms with van der Waals surface area (Å²) in [6, 6.07) is -1.47. The highest BCUT2D eigenvalue weighted by molar-refractivity contribution is 7.47. The second kappa shape index (κ2) is 31.3. The molecule has 0 aromatic heterocycles. The van der Waals surface area contributed by atoms with E-state index >= 15 is 0 Å². The van der Waals surface area contributed by atoms with Crippen molar-refractivity contribution in [3.05, 3.63) is 12.2 Å². The van der Waals surface area contributed by atoms with Gasteiger partial charge in [0.05, 0.1) is 19.8 Å². The maximum Gasteiger partial charge on any atom is 0.472 e. The molecule has 45 heavy (non-hydrogen) atoms. The number of nitrogens with two attached hydrogens (primary N) is 1. The van der Waals surface area contributed by atoms with Crippen molar-refractivity contribution in [2.24, 2.45) is 5.73 Å². The van der Waals surface area contributed by atoms with E-state index in [1.54, 1.807) is 0 Å². The van der Waals surface area contributed by atoms with Crippen LogP contribution in [0.4, 0.5) is 0 Å². The summed E-state index contributed by atoms with van der Waals surface area (Å²) in [4.78, 5) is 33.2. The fourth-order valence-corrected chi connectivity index (χ4v) is 5.48. The van der Waals surface area contributed by atoms with E-state index in [0.717, 1.165) is 38.5 Å². The van der Waals surface area contributed by atoms with Crippen LogP contribution in [0.15, 0.2) is 12.2 Å². The van der Waals surface area contributed by atoms with Crippen molar-refractivity contribution in [3.63, 3.8) is 0 Å². The molecule has 11 heteroatoms. The largest absolute Gasteiger partial charge is 0.480 e. The zero-order valence-electron chi connectivity index (χ0n) is 28.5. The van der Waals surface area contributed by atoms with Crippen molar-refractivity contribution in [1.29, 1.82) is 0 Å². The Morgan fingerprint density at radius 2 is 1.18 bits per heavy atom. The molecule has 0 heterocycles. The third-order valence-electron chi connectivity index (χ3n) is 7.54. The molecule has 0 fully saturated rings. The lowest BCUT2D eigenvalue weighted by atomic mass is 10.1. The summed E-state index contributed by atoms with van der Waals surface area (Å²) in [7, 11) is -4.60. The molecule has 3 atom stereocenters. The number of esters is 1. The van der Waals surface area contributed by atoms with Crippen LogP contribution < -0.4 is 5.73 Å². The third kappa shape index (κ3) is 31.1. The quantitative estimate of drug-likeness (QED) is 0.0264. The van der Waals surface area contributed by atoms with Crippen LogP contribution in [0.2, 0.25) is 0 Å². The van der Waals surface area contributed by atoms with Crippen LogP contribution in [0.1, 0.15) is 155 Å².